The minimum Gasteiger partial charge on any atom is -0.352 e. The molecule has 2 aromatic rings. The predicted octanol–water partition coefficient (Wildman–Crippen LogP) is 4.30. The molecule has 1 aromatic carbocycles. The van der Waals surface area contributed by atoms with Crippen molar-refractivity contribution in [3.05, 3.63) is 54.2 Å². The van der Waals surface area contributed by atoms with Crippen LogP contribution in [0.15, 0.2) is 48.7 Å². The molecule has 182 valence electrons. The third-order valence-corrected chi connectivity index (χ3v) is 5.54. The van der Waals surface area contributed by atoms with Crippen molar-refractivity contribution in [2.24, 2.45) is 0 Å². The van der Waals surface area contributed by atoms with E-state index in [9.17, 15) is 27.6 Å². The van der Waals surface area contributed by atoms with Crippen LogP contribution >= 0.6 is 0 Å². The van der Waals surface area contributed by atoms with Crippen LogP contribution in [0.3, 0.4) is 0 Å². The lowest BCUT2D eigenvalue weighted by Gasteiger charge is -2.24. The summed E-state index contributed by atoms with van der Waals surface area (Å²) < 4.78 is 39.6. The van der Waals surface area contributed by atoms with Gasteiger partial charge in [0.2, 0.25) is 17.7 Å². The first-order valence-corrected chi connectivity index (χ1v) is 11.2. The highest BCUT2D eigenvalue weighted by molar-refractivity contribution is 5.99. The van der Waals surface area contributed by atoms with Gasteiger partial charge in [0, 0.05) is 30.8 Å². The van der Waals surface area contributed by atoms with Crippen LogP contribution in [-0.4, -0.2) is 35.3 Å². The molecule has 1 aliphatic carbocycles. The molecule has 0 aliphatic heterocycles. The summed E-state index contributed by atoms with van der Waals surface area (Å²) in [5.74, 6) is -0.916. The standard InChI is InChI=1S/C24H27F3N4O3/c25-24(26,27)17-7-5-10-19(15-17)31(16-22(33)29-18-8-1-2-9-18)23(34)13-6-12-21(32)30-20-11-3-4-14-28-20/h3-5,7,10-11,14-15,18H,1-2,6,8-9,12-13,16H2,(H,29,33)(H,28,30,32). The lowest BCUT2D eigenvalue weighted by Crippen LogP contribution is -2.43. The zero-order valence-corrected chi connectivity index (χ0v) is 18.6. The molecule has 2 N–H and O–H groups in total. The van der Waals surface area contributed by atoms with Gasteiger partial charge in [0.15, 0.2) is 0 Å². The summed E-state index contributed by atoms with van der Waals surface area (Å²) in [5.41, 5.74) is -0.923. The van der Waals surface area contributed by atoms with E-state index in [1.807, 2.05) is 0 Å². The third kappa shape index (κ3) is 7.57. The molecule has 1 aromatic heterocycles. The molecule has 0 radical (unpaired) electrons. The fourth-order valence-corrected chi connectivity index (χ4v) is 3.84. The van der Waals surface area contributed by atoms with Crippen LogP contribution in [-0.2, 0) is 20.6 Å². The van der Waals surface area contributed by atoms with Crippen LogP contribution in [0.2, 0.25) is 0 Å². The molecule has 3 amide bonds. The van der Waals surface area contributed by atoms with E-state index in [1.165, 1.54) is 18.3 Å². The summed E-state index contributed by atoms with van der Waals surface area (Å²) in [7, 11) is 0. The van der Waals surface area contributed by atoms with Gasteiger partial charge in [-0.1, -0.05) is 25.0 Å². The van der Waals surface area contributed by atoms with Crippen LogP contribution in [0.4, 0.5) is 24.7 Å². The largest absolute Gasteiger partial charge is 0.416 e. The van der Waals surface area contributed by atoms with Gasteiger partial charge in [-0.25, -0.2) is 4.98 Å². The third-order valence-electron chi connectivity index (χ3n) is 5.54. The van der Waals surface area contributed by atoms with Crippen LogP contribution in [0.25, 0.3) is 0 Å². The zero-order valence-electron chi connectivity index (χ0n) is 18.6. The first-order valence-electron chi connectivity index (χ1n) is 11.2. The van der Waals surface area contributed by atoms with E-state index in [2.05, 4.69) is 15.6 Å². The van der Waals surface area contributed by atoms with Crippen molar-refractivity contribution in [3.8, 4) is 0 Å². The molecular formula is C24H27F3N4O3. The molecule has 34 heavy (non-hydrogen) atoms. The Hall–Kier alpha value is -3.43. The van der Waals surface area contributed by atoms with E-state index < -0.39 is 30.1 Å². The van der Waals surface area contributed by atoms with Gasteiger partial charge in [-0.2, -0.15) is 13.2 Å². The van der Waals surface area contributed by atoms with Gasteiger partial charge in [0.25, 0.3) is 0 Å². The molecule has 10 heteroatoms. The van der Waals surface area contributed by atoms with Crippen LogP contribution < -0.4 is 15.5 Å². The topological polar surface area (TPSA) is 91.4 Å². The van der Waals surface area contributed by atoms with Gasteiger partial charge >= 0.3 is 6.18 Å². The minimum absolute atomic E-state index is 0.0145. The number of pyridine rings is 1. The maximum absolute atomic E-state index is 13.2. The molecule has 0 spiro atoms. The average molecular weight is 476 g/mol. The fourth-order valence-electron chi connectivity index (χ4n) is 3.84. The van der Waals surface area contributed by atoms with E-state index in [0.29, 0.717) is 5.82 Å². The molecule has 3 rings (SSSR count). The number of aromatic nitrogens is 1. The molecule has 1 fully saturated rings. The Morgan fingerprint density at radius 2 is 1.76 bits per heavy atom. The number of hydrogen-bond donors (Lipinski definition) is 2. The van der Waals surface area contributed by atoms with Gasteiger partial charge in [-0.15, -0.1) is 0 Å². The molecule has 0 saturated heterocycles. The van der Waals surface area contributed by atoms with E-state index >= 15 is 0 Å². The second-order valence-electron chi connectivity index (χ2n) is 8.19. The van der Waals surface area contributed by atoms with Crippen molar-refractivity contribution < 1.29 is 27.6 Å². The number of nitrogens with one attached hydrogen (secondary N) is 2. The van der Waals surface area contributed by atoms with Crippen molar-refractivity contribution >= 4 is 29.2 Å². The summed E-state index contributed by atoms with van der Waals surface area (Å²) in [6.45, 7) is -0.392. The van der Waals surface area contributed by atoms with Crippen molar-refractivity contribution in [3.63, 3.8) is 0 Å². The average Bonchev–Trinajstić information content (AvgIpc) is 3.30. The molecule has 1 heterocycles. The first kappa shape index (κ1) is 25.2. The van der Waals surface area contributed by atoms with E-state index in [4.69, 9.17) is 0 Å². The SMILES string of the molecule is O=C(CCCC(=O)N(CC(=O)NC1CCCC1)c1cccc(C(F)(F)F)c1)Nc1ccccn1. The molecule has 0 atom stereocenters. The molecule has 1 saturated carbocycles. The Bertz CT molecular complexity index is 992. The number of carbonyl (C=O) groups excluding carboxylic acids is 3. The van der Waals surface area contributed by atoms with Crippen molar-refractivity contribution in [1.29, 1.82) is 0 Å². The maximum atomic E-state index is 13.2. The van der Waals surface area contributed by atoms with Crippen LogP contribution in [0.5, 0.6) is 0 Å². The number of halogens is 3. The minimum atomic E-state index is -4.58. The Morgan fingerprint density at radius 3 is 2.44 bits per heavy atom. The fraction of sp³-hybridized carbons (Fsp3) is 0.417. The highest BCUT2D eigenvalue weighted by atomic mass is 19.4. The summed E-state index contributed by atoms with van der Waals surface area (Å²) in [6, 6.07) is 9.40. The van der Waals surface area contributed by atoms with Gasteiger partial charge in [-0.05, 0) is 49.6 Å². The Labute approximate surface area is 195 Å². The quantitative estimate of drug-likeness (QED) is 0.565. The molecule has 7 nitrogen and oxygen atoms in total. The Morgan fingerprint density at radius 1 is 1.00 bits per heavy atom. The van der Waals surface area contributed by atoms with E-state index in [1.54, 1.807) is 18.2 Å². The number of carbonyl (C=O) groups is 3. The maximum Gasteiger partial charge on any atom is 0.416 e. The highest BCUT2D eigenvalue weighted by Gasteiger charge is 2.31. The normalized spacial score (nSPS) is 14.0. The second kappa shape index (κ2) is 11.6. The number of alkyl halides is 3. The van der Waals surface area contributed by atoms with Crippen molar-refractivity contribution in [2.75, 3.05) is 16.8 Å². The first-order chi connectivity index (χ1) is 16.2. The summed E-state index contributed by atoms with van der Waals surface area (Å²) in [4.78, 5) is 42.6. The molecule has 0 bridgehead atoms. The lowest BCUT2D eigenvalue weighted by atomic mass is 10.1. The van der Waals surface area contributed by atoms with Crippen LogP contribution in [0, 0.1) is 0 Å². The number of amides is 3. The predicted molar refractivity (Wildman–Crippen MR) is 121 cm³/mol. The molecular weight excluding hydrogens is 449 g/mol. The highest BCUT2D eigenvalue weighted by Crippen LogP contribution is 2.32. The van der Waals surface area contributed by atoms with E-state index in [-0.39, 0.29) is 36.9 Å². The monoisotopic (exact) mass is 476 g/mol. The summed E-state index contributed by atoms with van der Waals surface area (Å²) >= 11 is 0. The smallest absolute Gasteiger partial charge is 0.352 e. The van der Waals surface area contributed by atoms with Crippen LogP contribution in [0.1, 0.15) is 50.5 Å². The molecule has 1 aliphatic rings. The summed E-state index contributed by atoms with van der Waals surface area (Å²) in [6.07, 6.45) is 0.711. The van der Waals surface area contributed by atoms with Gasteiger partial charge < -0.3 is 15.5 Å². The number of benzene rings is 1. The van der Waals surface area contributed by atoms with Gasteiger partial charge in [-0.3, -0.25) is 14.4 Å². The van der Waals surface area contributed by atoms with Crippen molar-refractivity contribution in [1.82, 2.24) is 10.3 Å². The number of anilines is 2. The van der Waals surface area contributed by atoms with Gasteiger partial charge in [0.05, 0.1) is 5.56 Å². The molecule has 0 unspecified atom stereocenters. The zero-order chi connectivity index (χ0) is 24.6. The Balaban J connectivity index is 1.65. The van der Waals surface area contributed by atoms with Crippen molar-refractivity contribution in [2.45, 2.75) is 57.2 Å². The lowest BCUT2D eigenvalue weighted by molar-refractivity contribution is -0.137. The number of rotatable bonds is 9. The van der Waals surface area contributed by atoms with Gasteiger partial charge in [0.1, 0.15) is 12.4 Å². The summed E-state index contributed by atoms with van der Waals surface area (Å²) in [5, 5.41) is 5.46. The number of hydrogen-bond acceptors (Lipinski definition) is 4. The van der Waals surface area contributed by atoms with E-state index in [0.717, 1.165) is 42.7 Å². The Kier molecular flexibility index (Phi) is 8.61. The second-order valence-corrected chi connectivity index (χ2v) is 8.19. The number of nitrogens with zero attached hydrogens (tertiary/aromatic N) is 2.